The molecule has 22 heavy (non-hydrogen) atoms. The fourth-order valence-electron chi connectivity index (χ4n) is 2.80. The van der Waals surface area contributed by atoms with Gasteiger partial charge < -0.3 is 9.64 Å². The molecule has 1 amide bonds. The molecular formula is C18H26FNO2. The number of nitrogens with zero attached hydrogens (tertiary/aromatic N) is 1. The molecule has 0 aromatic heterocycles. The Morgan fingerprint density at radius 1 is 1.27 bits per heavy atom. The second kappa shape index (κ2) is 7.12. The van der Waals surface area contributed by atoms with Gasteiger partial charge in [-0.15, -0.1) is 0 Å². The lowest BCUT2D eigenvalue weighted by Crippen LogP contribution is -2.44. The molecule has 0 spiro atoms. The Morgan fingerprint density at radius 3 is 2.50 bits per heavy atom. The SMILES string of the molecule is CC(C)(C)C(=O)N1CCC(CCOc2ccccc2F)CC1. The molecule has 122 valence electrons. The van der Waals surface area contributed by atoms with Crippen molar-refractivity contribution in [2.24, 2.45) is 11.3 Å². The van der Waals surface area contributed by atoms with Crippen molar-refractivity contribution in [3.8, 4) is 5.75 Å². The summed E-state index contributed by atoms with van der Waals surface area (Å²) in [7, 11) is 0. The van der Waals surface area contributed by atoms with Crippen LogP contribution >= 0.6 is 0 Å². The van der Waals surface area contributed by atoms with Gasteiger partial charge in [0, 0.05) is 18.5 Å². The normalized spacial score (nSPS) is 16.6. The first kappa shape index (κ1) is 16.8. The smallest absolute Gasteiger partial charge is 0.227 e. The van der Waals surface area contributed by atoms with E-state index in [2.05, 4.69) is 0 Å². The average molecular weight is 307 g/mol. The maximum Gasteiger partial charge on any atom is 0.227 e. The number of para-hydroxylation sites is 1. The lowest BCUT2D eigenvalue weighted by molar-refractivity contribution is -0.140. The summed E-state index contributed by atoms with van der Waals surface area (Å²) < 4.78 is 19.0. The molecule has 4 heteroatoms. The third kappa shape index (κ3) is 4.46. The van der Waals surface area contributed by atoms with Crippen LogP contribution in [0.3, 0.4) is 0 Å². The third-order valence-electron chi connectivity index (χ3n) is 4.16. The molecule has 0 atom stereocenters. The van der Waals surface area contributed by atoms with Crippen LogP contribution in [0.4, 0.5) is 4.39 Å². The van der Waals surface area contributed by atoms with Crippen LogP contribution in [0.15, 0.2) is 24.3 Å². The van der Waals surface area contributed by atoms with Crippen molar-refractivity contribution in [2.75, 3.05) is 19.7 Å². The minimum absolute atomic E-state index is 0.230. The van der Waals surface area contributed by atoms with Crippen LogP contribution in [0.1, 0.15) is 40.0 Å². The van der Waals surface area contributed by atoms with Crippen molar-refractivity contribution in [2.45, 2.75) is 40.0 Å². The zero-order chi connectivity index (χ0) is 16.2. The summed E-state index contributed by atoms with van der Waals surface area (Å²) in [5.41, 5.74) is -0.305. The van der Waals surface area contributed by atoms with Gasteiger partial charge in [0.25, 0.3) is 0 Å². The predicted octanol–water partition coefficient (Wildman–Crippen LogP) is 3.88. The van der Waals surface area contributed by atoms with Gasteiger partial charge in [-0.25, -0.2) is 4.39 Å². The standard InChI is InChI=1S/C18H26FNO2/c1-18(2,3)17(21)20-11-8-14(9-12-20)10-13-22-16-7-5-4-6-15(16)19/h4-7,14H,8-13H2,1-3H3. The number of halogens is 1. The van der Waals surface area contributed by atoms with Crippen LogP contribution in [0.2, 0.25) is 0 Å². The topological polar surface area (TPSA) is 29.5 Å². The molecule has 0 unspecified atom stereocenters. The second-order valence-electron chi connectivity index (χ2n) is 7.05. The molecule has 0 radical (unpaired) electrons. The number of ether oxygens (including phenoxy) is 1. The fraction of sp³-hybridized carbons (Fsp3) is 0.611. The second-order valence-corrected chi connectivity index (χ2v) is 7.05. The summed E-state index contributed by atoms with van der Waals surface area (Å²) in [4.78, 5) is 14.2. The molecular weight excluding hydrogens is 281 g/mol. The number of rotatable bonds is 4. The van der Waals surface area contributed by atoms with Gasteiger partial charge in [-0.2, -0.15) is 0 Å². The van der Waals surface area contributed by atoms with Crippen molar-refractivity contribution >= 4 is 5.91 Å². The van der Waals surface area contributed by atoms with Gasteiger partial charge in [0.1, 0.15) is 0 Å². The van der Waals surface area contributed by atoms with Crippen molar-refractivity contribution in [3.05, 3.63) is 30.1 Å². The molecule has 1 fully saturated rings. The highest BCUT2D eigenvalue weighted by Gasteiger charge is 2.30. The monoisotopic (exact) mass is 307 g/mol. The molecule has 0 saturated carbocycles. The molecule has 0 aliphatic carbocycles. The first-order chi connectivity index (χ1) is 10.4. The number of likely N-dealkylation sites (tertiary alicyclic amines) is 1. The Kier molecular flexibility index (Phi) is 5.43. The van der Waals surface area contributed by atoms with Gasteiger partial charge in [-0.1, -0.05) is 32.9 Å². The van der Waals surface area contributed by atoms with E-state index in [9.17, 15) is 9.18 Å². The van der Waals surface area contributed by atoms with E-state index < -0.39 is 0 Å². The van der Waals surface area contributed by atoms with Crippen LogP contribution < -0.4 is 4.74 Å². The highest BCUT2D eigenvalue weighted by molar-refractivity contribution is 5.81. The van der Waals surface area contributed by atoms with Gasteiger partial charge in [0.05, 0.1) is 6.61 Å². The first-order valence-corrected chi connectivity index (χ1v) is 8.04. The number of carbonyl (C=O) groups is 1. The van der Waals surface area contributed by atoms with E-state index >= 15 is 0 Å². The lowest BCUT2D eigenvalue weighted by Gasteiger charge is -2.35. The minimum atomic E-state index is -0.312. The molecule has 1 aliphatic heterocycles. The number of carbonyl (C=O) groups excluding carboxylic acids is 1. The minimum Gasteiger partial charge on any atom is -0.491 e. The highest BCUT2D eigenvalue weighted by atomic mass is 19.1. The zero-order valence-corrected chi connectivity index (χ0v) is 13.8. The van der Waals surface area contributed by atoms with E-state index in [1.807, 2.05) is 25.7 Å². The first-order valence-electron chi connectivity index (χ1n) is 8.04. The summed E-state index contributed by atoms with van der Waals surface area (Å²) in [6, 6.07) is 6.49. The van der Waals surface area contributed by atoms with Crippen molar-refractivity contribution in [3.63, 3.8) is 0 Å². The van der Waals surface area contributed by atoms with Crippen LogP contribution in [0, 0.1) is 17.2 Å². The molecule has 2 rings (SSSR count). The number of hydrogen-bond acceptors (Lipinski definition) is 2. The van der Waals surface area contributed by atoms with Crippen LogP contribution in [-0.4, -0.2) is 30.5 Å². The summed E-state index contributed by atoms with van der Waals surface area (Å²) in [6.07, 6.45) is 2.91. The van der Waals surface area contributed by atoms with E-state index in [0.717, 1.165) is 32.4 Å². The number of piperidine rings is 1. The van der Waals surface area contributed by atoms with Gasteiger partial charge in [0.15, 0.2) is 11.6 Å². The van der Waals surface area contributed by atoms with E-state index in [4.69, 9.17) is 4.74 Å². The Morgan fingerprint density at radius 2 is 1.91 bits per heavy atom. The van der Waals surface area contributed by atoms with Gasteiger partial charge in [-0.3, -0.25) is 4.79 Å². The van der Waals surface area contributed by atoms with Crippen LogP contribution in [0.25, 0.3) is 0 Å². The number of hydrogen-bond donors (Lipinski definition) is 0. The molecule has 1 heterocycles. The van der Waals surface area contributed by atoms with Crippen LogP contribution in [0.5, 0.6) is 5.75 Å². The van der Waals surface area contributed by atoms with Gasteiger partial charge in [-0.05, 0) is 37.3 Å². The van der Waals surface area contributed by atoms with E-state index in [-0.39, 0.29) is 17.1 Å². The number of amides is 1. The van der Waals surface area contributed by atoms with E-state index in [0.29, 0.717) is 18.3 Å². The Hall–Kier alpha value is -1.58. The van der Waals surface area contributed by atoms with Gasteiger partial charge in [0.2, 0.25) is 5.91 Å². The molecule has 1 saturated heterocycles. The van der Waals surface area contributed by atoms with E-state index in [1.165, 1.54) is 6.07 Å². The maximum absolute atomic E-state index is 13.4. The van der Waals surface area contributed by atoms with Crippen molar-refractivity contribution in [1.29, 1.82) is 0 Å². The Labute approximate surface area is 132 Å². The Balaban J connectivity index is 1.72. The number of benzene rings is 1. The van der Waals surface area contributed by atoms with Gasteiger partial charge >= 0.3 is 0 Å². The van der Waals surface area contributed by atoms with Crippen molar-refractivity contribution < 1.29 is 13.9 Å². The molecule has 3 nitrogen and oxygen atoms in total. The van der Waals surface area contributed by atoms with Crippen molar-refractivity contribution in [1.82, 2.24) is 4.90 Å². The summed E-state index contributed by atoms with van der Waals surface area (Å²) in [5.74, 6) is 0.792. The predicted molar refractivity (Wildman–Crippen MR) is 85.3 cm³/mol. The third-order valence-corrected chi connectivity index (χ3v) is 4.16. The Bertz CT molecular complexity index is 502. The highest BCUT2D eigenvalue weighted by Crippen LogP contribution is 2.25. The molecule has 1 aliphatic rings. The zero-order valence-electron chi connectivity index (χ0n) is 13.8. The summed E-state index contributed by atoms with van der Waals surface area (Å²) >= 11 is 0. The maximum atomic E-state index is 13.4. The molecule has 0 bridgehead atoms. The lowest BCUT2D eigenvalue weighted by atomic mass is 9.90. The summed E-state index contributed by atoms with van der Waals surface area (Å²) in [6.45, 7) is 8.05. The van der Waals surface area contributed by atoms with Crippen LogP contribution in [-0.2, 0) is 4.79 Å². The molecule has 1 aromatic carbocycles. The molecule has 0 N–H and O–H groups in total. The fourth-order valence-corrected chi connectivity index (χ4v) is 2.80. The summed E-state index contributed by atoms with van der Waals surface area (Å²) in [5, 5.41) is 0. The largest absolute Gasteiger partial charge is 0.491 e. The molecule has 1 aromatic rings. The average Bonchev–Trinajstić information content (AvgIpc) is 2.48. The quantitative estimate of drug-likeness (QED) is 0.845. The van der Waals surface area contributed by atoms with E-state index in [1.54, 1.807) is 18.2 Å².